The number of carbonyl (C=O) groups excluding carboxylic acids is 1. The number of likely N-dealkylation sites (tertiary alicyclic amines) is 1. The molecule has 0 N–H and O–H groups in total. The Morgan fingerprint density at radius 3 is 2.35 bits per heavy atom. The first-order valence-electron chi connectivity index (χ1n) is 6.27. The molecule has 3 heteroatoms. The Hall–Kier alpha value is 0.734. The molecule has 2 nitrogen and oxygen atoms in total. The second-order valence-corrected chi connectivity index (χ2v) is 5.25. The molecule has 1 aliphatic rings. The standard InChI is InChI=1S/C13H25NO.CH3.Y/c1-5-6-7-13(12(4)15)8-9-14(10-13)11(2)3;;/h11H,5-10H2,1-4H3;1H3;/q;-1;. The molecular formula is C14H28NOY-. The summed E-state index contributed by atoms with van der Waals surface area (Å²) in [5, 5.41) is 0. The molecule has 99 valence electrons. The minimum absolute atomic E-state index is 0. The van der Waals surface area contributed by atoms with E-state index >= 15 is 0 Å². The van der Waals surface area contributed by atoms with E-state index in [2.05, 4.69) is 25.7 Å². The maximum atomic E-state index is 11.8. The third-order valence-electron chi connectivity index (χ3n) is 3.87. The van der Waals surface area contributed by atoms with Gasteiger partial charge in [-0.15, -0.1) is 0 Å². The van der Waals surface area contributed by atoms with Crippen molar-refractivity contribution in [1.29, 1.82) is 0 Å². The third kappa shape index (κ3) is 5.08. The second-order valence-electron chi connectivity index (χ2n) is 5.25. The van der Waals surface area contributed by atoms with E-state index in [1.54, 1.807) is 6.92 Å². The molecule has 1 heterocycles. The first-order valence-corrected chi connectivity index (χ1v) is 6.27. The van der Waals surface area contributed by atoms with Crippen LogP contribution in [0.15, 0.2) is 0 Å². The fourth-order valence-electron chi connectivity index (χ4n) is 2.53. The molecule has 0 aromatic heterocycles. The van der Waals surface area contributed by atoms with Crippen LogP contribution in [-0.4, -0.2) is 29.8 Å². The summed E-state index contributed by atoms with van der Waals surface area (Å²) < 4.78 is 0. The number of unbranched alkanes of at least 4 members (excludes halogenated alkanes) is 1. The molecule has 1 saturated heterocycles. The van der Waals surface area contributed by atoms with Crippen LogP contribution in [0.3, 0.4) is 0 Å². The summed E-state index contributed by atoms with van der Waals surface area (Å²) in [6.45, 7) is 10.5. The summed E-state index contributed by atoms with van der Waals surface area (Å²) in [6.07, 6.45) is 4.53. The molecule has 0 aromatic carbocycles. The van der Waals surface area contributed by atoms with Gasteiger partial charge < -0.3 is 7.43 Å². The van der Waals surface area contributed by atoms with E-state index in [-0.39, 0.29) is 45.6 Å². The van der Waals surface area contributed by atoms with Crippen molar-refractivity contribution in [3.63, 3.8) is 0 Å². The van der Waals surface area contributed by atoms with E-state index in [0.717, 1.165) is 25.9 Å². The molecule has 1 atom stereocenters. The SMILES string of the molecule is CCCCC1(C(C)=O)CCN(C(C)C)C1.[CH3-].[Y]. The Labute approximate surface area is 133 Å². The van der Waals surface area contributed by atoms with E-state index < -0.39 is 0 Å². The van der Waals surface area contributed by atoms with Gasteiger partial charge in [-0.3, -0.25) is 9.69 Å². The number of Topliss-reactive ketones (excluding diaryl/α,β-unsaturated/α-hetero) is 1. The predicted octanol–water partition coefficient (Wildman–Crippen LogP) is 3.31. The summed E-state index contributed by atoms with van der Waals surface area (Å²) in [6, 6.07) is 0.577. The first kappa shape index (κ1) is 20.1. The molecule has 1 aliphatic heterocycles. The molecule has 0 bridgehead atoms. The molecule has 0 aliphatic carbocycles. The second kappa shape index (κ2) is 8.77. The van der Waals surface area contributed by atoms with E-state index in [4.69, 9.17) is 0 Å². The molecule has 1 unspecified atom stereocenters. The average molecular weight is 315 g/mol. The number of nitrogens with zero attached hydrogens (tertiary/aromatic N) is 1. The van der Waals surface area contributed by atoms with Gasteiger partial charge in [-0.2, -0.15) is 0 Å². The number of hydrogen-bond donors (Lipinski definition) is 0. The zero-order chi connectivity index (χ0) is 11.5. The van der Waals surface area contributed by atoms with Crippen molar-refractivity contribution in [3.05, 3.63) is 7.43 Å². The molecule has 17 heavy (non-hydrogen) atoms. The number of carbonyl (C=O) groups is 1. The van der Waals surface area contributed by atoms with Gasteiger partial charge in [-0.25, -0.2) is 0 Å². The topological polar surface area (TPSA) is 20.3 Å². The quantitative estimate of drug-likeness (QED) is 0.726. The van der Waals surface area contributed by atoms with Crippen LogP contribution in [0.25, 0.3) is 0 Å². The number of hydrogen-bond acceptors (Lipinski definition) is 2. The maximum Gasteiger partial charge on any atom is 0.137 e. The molecule has 1 radical (unpaired) electrons. The van der Waals surface area contributed by atoms with Gasteiger partial charge >= 0.3 is 0 Å². The van der Waals surface area contributed by atoms with Crippen LogP contribution >= 0.6 is 0 Å². The molecule has 1 rings (SSSR count). The number of ketones is 1. The Kier molecular flexibility index (Phi) is 10.3. The number of rotatable bonds is 5. The molecule has 0 saturated carbocycles. The summed E-state index contributed by atoms with van der Waals surface area (Å²) in [7, 11) is 0. The zero-order valence-corrected chi connectivity index (χ0v) is 15.1. The largest absolute Gasteiger partial charge is 0.358 e. The Morgan fingerprint density at radius 2 is 2.00 bits per heavy atom. The monoisotopic (exact) mass is 315 g/mol. The van der Waals surface area contributed by atoms with Gasteiger partial charge in [-0.05, 0) is 40.2 Å². The van der Waals surface area contributed by atoms with Crippen LogP contribution in [0.1, 0.15) is 53.4 Å². The van der Waals surface area contributed by atoms with Gasteiger partial charge in [0.2, 0.25) is 0 Å². The van der Waals surface area contributed by atoms with E-state index in [0.29, 0.717) is 11.8 Å². The summed E-state index contributed by atoms with van der Waals surface area (Å²) >= 11 is 0. The fraction of sp³-hybridized carbons (Fsp3) is 0.857. The van der Waals surface area contributed by atoms with Crippen LogP contribution in [-0.2, 0) is 37.5 Å². The van der Waals surface area contributed by atoms with Gasteiger partial charge in [0.15, 0.2) is 0 Å². The smallest absolute Gasteiger partial charge is 0.137 e. The van der Waals surface area contributed by atoms with Crippen molar-refractivity contribution in [2.75, 3.05) is 13.1 Å². The van der Waals surface area contributed by atoms with E-state index in [9.17, 15) is 4.79 Å². The molecule has 0 spiro atoms. The van der Waals surface area contributed by atoms with Gasteiger partial charge in [0.05, 0.1) is 0 Å². The van der Waals surface area contributed by atoms with Crippen LogP contribution in [0.5, 0.6) is 0 Å². The van der Waals surface area contributed by atoms with Crippen molar-refractivity contribution in [3.8, 4) is 0 Å². The third-order valence-corrected chi connectivity index (χ3v) is 3.87. The van der Waals surface area contributed by atoms with Crippen molar-refractivity contribution in [2.24, 2.45) is 5.41 Å². The minimum Gasteiger partial charge on any atom is -0.358 e. The van der Waals surface area contributed by atoms with E-state index in [1.165, 1.54) is 12.8 Å². The average Bonchev–Trinajstić information content (AvgIpc) is 2.60. The molecule has 0 amide bonds. The Morgan fingerprint density at radius 1 is 1.41 bits per heavy atom. The van der Waals surface area contributed by atoms with Crippen molar-refractivity contribution >= 4 is 5.78 Å². The normalized spacial score (nSPS) is 24.3. The summed E-state index contributed by atoms with van der Waals surface area (Å²) in [5.74, 6) is 0.402. The maximum absolute atomic E-state index is 11.8. The van der Waals surface area contributed by atoms with Crippen LogP contribution in [0.4, 0.5) is 0 Å². The molecular weight excluding hydrogens is 287 g/mol. The molecule has 0 aromatic rings. The van der Waals surface area contributed by atoms with Gasteiger partial charge in [0, 0.05) is 50.7 Å². The zero-order valence-electron chi connectivity index (χ0n) is 12.3. The van der Waals surface area contributed by atoms with Gasteiger partial charge in [0.1, 0.15) is 5.78 Å². The van der Waals surface area contributed by atoms with Crippen molar-refractivity contribution in [1.82, 2.24) is 4.90 Å². The fourth-order valence-corrected chi connectivity index (χ4v) is 2.53. The first-order chi connectivity index (χ1) is 7.02. The van der Waals surface area contributed by atoms with Crippen molar-refractivity contribution < 1.29 is 37.5 Å². The predicted molar refractivity (Wildman–Crippen MR) is 70.4 cm³/mol. The van der Waals surface area contributed by atoms with Gasteiger partial charge in [0.25, 0.3) is 0 Å². The van der Waals surface area contributed by atoms with Gasteiger partial charge in [-0.1, -0.05) is 19.8 Å². The molecule has 1 fully saturated rings. The van der Waals surface area contributed by atoms with Crippen LogP contribution in [0, 0.1) is 12.8 Å². The van der Waals surface area contributed by atoms with Crippen LogP contribution < -0.4 is 0 Å². The van der Waals surface area contributed by atoms with Crippen LogP contribution in [0.2, 0.25) is 0 Å². The Bertz CT molecular complexity index is 230. The van der Waals surface area contributed by atoms with E-state index in [1.807, 2.05) is 0 Å². The summed E-state index contributed by atoms with van der Waals surface area (Å²) in [5.41, 5.74) is -0.0136. The van der Waals surface area contributed by atoms with Crippen molar-refractivity contribution in [2.45, 2.75) is 59.4 Å². The Balaban J connectivity index is 0. The minimum atomic E-state index is -0.0136. The summed E-state index contributed by atoms with van der Waals surface area (Å²) in [4.78, 5) is 14.3.